The van der Waals surface area contributed by atoms with Crippen LogP contribution in [0.5, 0.6) is 5.75 Å². The van der Waals surface area contributed by atoms with Crippen molar-refractivity contribution in [1.29, 1.82) is 0 Å². The monoisotopic (exact) mass is 290 g/mol. The van der Waals surface area contributed by atoms with Gasteiger partial charge in [-0.2, -0.15) is 0 Å². The first kappa shape index (κ1) is 15.8. The Morgan fingerprint density at radius 3 is 2.43 bits per heavy atom. The number of carbonyl (C=O) groups excluding carboxylic acids is 1. The van der Waals surface area contributed by atoms with Crippen molar-refractivity contribution in [1.82, 2.24) is 10.2 Å². The van der Waals surface area contributed by atoms with E-state index in [2.05, 4.69) is 19.2 Å². The van der Waals surface area contributed by atoms with Gasteiger partial charge in [-0.1, -0.05) is 0 Å². The third-order valence-corrected chi connectivity index (χ3v) is 4.13. The molecule has 1 aromatic carbocycles. The summed E-state index contributed by atoms with van der Waals surface area (Å²) in [6, 6.07) is 7.60. The zero-order valence-electron chi connectivity index (χ0n) is 13.3. The number of carbonyl (C=O) groups is 1. The fourth-order valence-corrected chi connectivity index (χ4v) is 2.77. The van der Waals surface area contributed by atoms with Crippen molar-refractivity contribution < 1.29 is 9.53 Å². The summed E-state index contributed by atoms with van der Waals surface area (Å²) in [6.45, 7) is 7.15. The van der Waals surface area contributed by atoms with Crippen molar-refractivity contribution in [2.24, 2.45) is 5.92 Å². The highest BCUT2D eigenvalue weighted by Gasteiger charge is 2.23. The van der Waals surface area contributed by atoms with E-state index in [0.717, 1.165) is 43.8 Å². The Hall–Kier alpha value is -1.55. The van der Waals surface area contributed by atoms with Gasteiger partial charge in [0.2, 0.25) is 0 Å². The zero-order valence-corrected chi connectivity index (χ0v) is 13.3. The van der Waals surface area contributed by atoms with Crippen LogP contribution in [0.15, 0.2) is 24.3 Å². The molecule has 4 heteroatoms. The molecule has 116 valence electrons. The van der Waals surface area contributed by atoms with Gasteiger partial charge in [0.15, 0.2) is 0 Å². The van der Waals surface area contributed by atoms with Gasteiger partial charge in [-0.05, 0) is 70.0 Å². The van der Waals surface area contributed by atoms with Gasteiger partial charge in [-0.15, -0.1) is 0 Å². The van der Waals surface area contributed by atoms with Crippen LogP contribution in [0.4, 0.5) is 0 Å². The molecule has 1 aliphatic heterocycles. The predicted octanol–water partition coefficient (Wildman–Crippen LogP) is 2.55. The molecule has 4 nitrogen and oxygen atoms in total. The quantitative estimate of drug-likeness (QED) is 0.906. The zero-order chi connectivity index (χ0) is 15.2. The second-order valence-electron chi connectivity index (χ2n) is 5.97. The molecule has 0 spiro atoms. The summed E-state index contributed by atoms with van der Waals surface area (Å²) >= 11 is 0. The fourth-order valence-electron chi connectivity index (χ4n) is 2.77. The van der Waals surface area contributed by atoms with Gasteiger partial charge in [-0.3, -0.25) is 4.79 Å². The molecule has 21 heavy (non-hydrogen) atoms. The van der Waals surface area contributed by atoms with Crippen LogP contribution in [-0.2, 0) is 0 Å². The van der Waals surface area contributed by atoms with Crippen LogP contribution in [-0.4, -0.2) is 43.6 Å². The molecule has 1 saturated heterocycles. The van der Waals surface area contributed by atoms with Crippen LogP contribution in [0.2, 0.25) is 0 Å². The molecule has 1 amide bonds. The third-order valence-electron chi connectivity index (χ3n) is 4.13. The molecule has 0 radical (unpaired) electrons. The SMILES string of the molecule is COc1ccc(C(=O)N(CC2CCNCC2)C(C)C)cc1. The molecule has 1 aromatic rings. The predicted molar refractivity (Wildman–Crippen MR) is 84.8 cm³/mol. The summed E-state index contributed by atoms with van der Waals surface area (Å²) in [6.07, 6.45) is 2.30. The number of piperidine rings is 1. The van der Waals surface area contributed by atoms with Crippen LogP contribution in [0.1, 0.15) is 37.0 Å². The van der Waals surface area contributed by atoms with Gasteiger partial charge < -0.3 is 15.0 Å². The third kappa shape index (κ3) is 4.21. The smallest absolute Gasteiger partial charge is 0.254 e. The second-order valence-corrected chi connectivity index (χ2v) is 5.97. The molecule has 0 bridgehead atoms. The minimum atomic E-state index is 0.117. The van der Waals surface area contributed by atoms with Crippen molar-refractivity contribution in [2.45, 2.75) is 32.7 Å². The van der Waals surface area contributed by atoms with Crippen LogP contribution < -0.4 is 10.1 Å². The minimum absolute atomic E-state index is 0.117. The lowest BCUT2D eigenvalue weighted by molar-refractivity contribution is 0.0658. The molecule has 0 atom stereocenters. The van der Waals surface area contributed by atoms with Gasteiger partial charge in [0.25, 0.3) is 5.91 Å². The molecule has 0 aromatic heterocycles. The second kappa shape index (κ2) is 7.46. The number of nitrogens with zero attached hydrogens (tertiary/aromatic N) is 1. The highest BCUT2D eigenvalue weighted by molar-refractivity contribution is 5.94. The normalized spacial score (nSPS) is 16.0. The molecular weight excluding hydrogens is 264 g/mol. The number of hydrogen-bond acceptors (Lipinski definition) is 3. The van der Waals surface area contributed by atoms with Crippen LogP contribution in [0.25, 0.3) is 0 Å². The molecular formula is C17H26N2O2. The maximum absolute atomic E-state index is 12.7. The van der Waals surface area contributed by atoms with E-state index >= 15 is 0 Å². The highest BCUT2D eigenvalue weighted by Crippen LogP contribution is 2.19. The van der Waals surface area contributed by atoms with E-state index in [9.17, 15) is 4.79 Å². The van der Waals surface area contributed by atoms with Gasteiger partial charge in [0.1, 0.15) is 5.75 Å². The number of ether oxygens (including phenoxy) is 1. The lowest BCUT2D eigenvalue weighted by atomic mass is 9.96. The molecule has 0 unspecified atom stereocenters. The van der Waals surface area contributed by atoms with Gasteiger partial charge in [0, 0.05) is 18.2 Å². The Kier molecular flexibility index (Phi) is 5.62. The molecule has 2 rings (SSSR count). The lowest BCUT2D eigenvalue weighted by Gasteiger charge is -2.33. The fraction of sp³-hybridized carbons (Fsp3) is 0.588. The summed E-state index contributed by atoms with van der Waals surface area (Å²) in [7, 11) is 1.63. The van der Waals surface area contributed by atoms with E-state index < -0.39 is 0 Å². The maximum atomic E-state index is 12.7. The van der Waals surface area contributed by atoms with Gasteiger partial charge >= 0.3 is 0 Å². The Bertz CT molecular complexity index is 450. The van der Waals surface area contributed by atoms with E-state index in [-0.39, 0.29) is 11.9 Å². The molecule has 1 aliphatic rings. The molecule has 1 N–H and O–H groups in total. The van der Waals surface area contributed by atoms with Crippen molar-refractivity contribution in [3.63, 3.8) is 0 Å². The Balaban J connectivity index is 2.06. The summed E-state index contributed by atoms with van der Waals surface area (Å²) in [5.41, 5.74) is 0.735. The van der Waals surface area contributed by atoms with Crippen LogP contribution in [0, 0.1) is 5.92 Å². The average Bonchev–Trinajstić information content (AvgIpc) is 2.53. The van der Waals surface area contributed by atoms with E-state index in [1.807, 2.05) is 29.2 Å². The highest BCUT2D eigenvalue weighted by atomic mass is 16.5. The Labute approximate surface area is 127 Å². The topological polar surface area (TPSA) is 41.6 Å². The average molecular weight is 290 g/mol. The minimum Gasteiger partial charge on any atom is -0.497 e. The first-order chi connectivity index (χ1) is 10.1. The van der Waals surface area contributed by atoms with E-state index in [0.29, 0.717) is 5.92 Å². The number of hydrogen-bond donors (Lipinski definition) is 1. The first-order valence-corrected chi connectivity index (χ1v) is 7.77. The molecule has 1 heterocycles. The van der Waals surface area contributed by atoms with E-state index in [4.69, 9.17) is 4.74 Å². The van der Waals surface area contributed by atoms with Gasteiger partial charge in [-0.25, -0.2) is 0 Å². The van der Waals surface area contributed by atoms with Gasteiger partial charge in [0.05, 0.1) is 7.11 Å². The summed E-state index contributed by atoms with van der Waals surface area (Å²) in [5.74, 6) is 1.50. The summed E-state index contributed by atoms with van der Waals surface area (Å²) in [5, 5.41) is 3.37. The Morgan fingerprint density at radius 2 is 1.90 bits per heavy atom. The first-order valence-electron chi connectivity index (χ1n) is 7.77. The Morgan fingerprint density at radius 1 is 1.29 bits per heavy atom. The lowest BCUT2D eigenvalue weighted by Crippen LogP contribution is -2.42. The summed E-state index contributed by atoms with van der Waals surface area (Å²) < 4.78 is 5.15. The maximum Gasteiger partial charge on any atom is 0.254 e. The van der Waals surface area contributed by atoms with Crippen LogP contribution in [0.3, 0.4) is 0 Å². The van der Waals surface area contributed by atoms with Crippen molar-refractivity contribution in [3.05, 3.63) is 29.8 Å². The number of nitrogens with one attached hydrogen (secondary N) is 1. The largest absolute Gasteiger partial charge is 0.497 e. The molecule has 0 aliphatic carbocycles. The molecule has 1 fully saturated rings. The van der Waals surface area contributed by atoms with Crippen molar-refractivity contribution in [2.75, 3.05) is 26.7 Å². The van der Waals surface area contributed by atoms with E-state index in [1.54, 1.807) is 7.11 Å². The number of rotatable bonds is 5. The molecule has 0 saturated carbocycles. The standard InChI is InChI=1S/C17H26N2O2/c1-13(2)19(12-14-8-10-18-11-9-14)17(20)15-4-6-16(21-3)7-5-15/h4-7,13-14,18H,8-12H2,1-3H3. The number of amides is 1. The van der Waals surface area contributed by atoms with Crippen molar-refractivity contribution >= 4 is 5.91 Å². The number of benzene rings is 1. The van der Waals surface area contributed by atoms with Crippen molar-refractivity contribution in [3.8, 4) is 5.75 Å². The number of methoxy groups -OCH3 is 1. The van der Waals surface area contributed by atoms with E-state index in [1.165, 1.54) is 0 Å². The summed E-state index contributed by atoms with van der Waals surface area (Å²) in [4.78, 5) is 14.7. The van der Waals surface area contributed by atoms with Crippen LogP contribution >= 0.6 is 0 Å².